The second-order valence-corrected chi connectivity index (χ2v) is 3.39. The molecule has 1 aliphatic rings. The molecule has 0 atom stereocenters. The van der Waals surface area contributed by atoms with E-state index in [4.69, 9.17) is 5.73 Å². The third-order valence-electron chi connectivity index (χ3n) is 2.55. The molecule has 3 nitrogen and oxygen atoms in total. The van der Waals surface area contributed by atoms with Gasteiger partial charge in [0.2, 0.25) is 0 Å². The van der Waals surface area contributed by atoms with Crippen LogP contribution in [0.15, 0.2) is 30.3 Å². The average molecular weight is 184 g/mol. The number of nitrogens with one attached hydrogen (secondary N) is 1. The molecule has 3 N–H and O–H groups in total. The molecule has 0 unspecified atom stereocenters. The van der Waals surface area contributed by atoms with E-state index in [0.717, 1.165) is 16.5 Å². The summed E-state index contributed by atoms with van der Waals surface area (Å²) in [5.41, 5.74) is 7.77. The molecule has 1 aliphatic heterocycles. The van der Waals surface area contributed by atoms with Crippen LogP contribution in [-0.2, 0) is 0 Å². The van der Waals surface area contributed by atoms with Crippen molar-refractivity contribution >= 4 is 28.1 Å². The Hall–Kier alpha value is -2.03. The Morgan fingerprint density at radius 1 is 1.14 bits per heavy atom. The summed E-state index contributed by atoms with van der Waals surface area (Å²) in [5.74, 6) is -0.102. The first-order valence-electron chi connectivity index (χ1n) is 4.40. The Labute approximate surface area is 80.5 Å². The molecule has 0 bridgehead atoms. The summed E-state index contributed by atoms with van der Waals surface area (Å²) in [4.78, 5) is 11.6. The first-order valence-corrected chi connectivity index (χ1v) is 4.40. The van der Waals surface area contributed by atoms with E-state index in [9.17, 15) is 4.79 Å². The number of nitrogens with two attached hydrogens (primary N) is 1. The van der Waals surface area contributed by atoms with Crippen molar-refractivity contribution in [2.24, 2.45) is 0 Å². The van der Waals surface area contributed by atoms with Gasteiger partial charge in [-0.3, -0.25) is 4.79 Å². The van der Waals surface area contributed by atoms with Gasteiger partial charge in [0.15, 0.2) is 0 Å². The zero-order valence-electron chi connectivity index (χ0n) is 7.37. The number of rotatable bonds is 0. The molecule has 14 heavy (non-hydrogen) atoms. The van der Waals surface area contributed by atoms with Gasteiger partial charge in [0.05, 0.1) is 5.56 Å². The van der Waals surface area contributed by atoms with Crippen molar-refractivity contribution < 1.29 is 4.79 Å². The molecule has 1 amide bonds. The number of hydrogen-bond acceptors (Lipinski definition) is 2. The number of anilines is 2. The topological polar surface area (TPSA) is 55.1 Å². The lowest BCUT2D eigenvalue weighted by Crippen LogP contribution is -2.06. The molecule has 0 aromatic heterocycles. The molecule has 0 saturated carbocycles. The highest BCUT2D eigenvalue weighted by Gasteiger charge is 2.23. The molecule has 3 heteroatoms. The third-order valence-corrected chi connectivity index (χ3v) is 2.55. The molecular formula is C11H8N2O. The second-order valence-electron chi connectivity index (χ2n) is 3.39. The fraction of sp³-hybridized carbons (Fsp3) is 0. The number of amides is 1. The minimum Gasteiger partial charge on any atom is -0.398 e. The fourth-order valence-corrected chi connectivity index (χ4v) is 1.93. The molecule has 68 valence electrons. The molecule has 0 fully saturated rings. The van der Waals surface area contributed by atoms with Gasteiger partial charge in [-0.2, -0.15) is 0 Å². The van der Waals surface area contributed by atoms with Crippen LogP contribution in [0.2, 0.25) is 0 Å². The van der Waals surface area contributed by atoms with Gasteiger partial charge in [-0.25, -0.2) is 0 Å². The number of benzene rings is 2. The van der Waals surface area contributed by atoms with Gasteiger partial charge < -0.3 is 11.1 Å². The predicted octanol–water partition coefficient (Wildman–Crippen LogP) is 1.99. The molecule has 0 aliphatic carbocycles. The lowest BCUT2D eigenvalue weighted by atomic mass is 10.0. The maximum atomic E-state index is 11.6. The zero-order chi connectivity index (χ0) is 9.71. The minimum absolute atomic E-state index is 0.102. The normalized spacial score (nSPS) is 13.3. The summed E-state index contributed by atoms with van der Waals surface area (Å²) in [6.45, 7) is 0. The van der Waals surface area contributed by atoms with Gasteiger partial charge in [-0.05, 0) is 17.5 Å². The van der Waals surface area contributed by atoms with E-state index in [2.05, 4.69) is 5.32 Å². The van der Waals surface area contributed by atoms with Crippen LogP contribution in [0.5, 0.6) is 0 Å². The second kappa shape index (κ2) is 2.26. The Morgan fingerprint density at radius 3 is 2.86 bits per heavy atom. The lowest BCUT2D eigenvalue weighted by molar-refractivity contribution is 0.103. The van der Waals surface area contributed by atoms with E-state index in [1.807, 2.05) is 24.3 Å². The number of carbonyl (C=O) groups excluding carboxylic acids is 1. The van der Waals surface area contributed by atoms with Crippen molar-refractivity contribution in [1.82, 2.24) is 0 Å². The molecule has 1 heterocycles. The van der Waals surface area contributed by atoms with Gasteiger partial charge in [0, 0.05) is 16.8 Å². The van der Waals surface area contributed by atoms with Crippen molar-refractivity contribution in [1.29, 1.82) is 0 Å². The number of carbonyl (C=O) groups is 1. The predicted molar refractivity (Wildman–Crippen MR) is 56.3 cm³/mol. The van der Waals surface area contributed by atoms with Crippen molar-refractivity contribution in [2.75, 3.05) is 11.1 Å². The Kier molecular flexibility index (Phi) is 1.19. The largest absolute Gasteiger partial charge is 0.398 e. The van der Waals surface area contributed by atoms with Crippen molar-refractivity contribution in [3.05, 3.63) is 35.9 Å². The van der Waals surface area contributed by atoms with Crippen LogP contribution in [-0.4, -0.2) is 5.91 Å². The highest BCUT2D eigenvalue weighted by Crippen LogP contribution is 2.35. The van der Waals surface area contributed by atoms with E-state index in [0.29, 0.717) is 11.3 Å². The maximum absolute atomic E-state index is 11.6. The van der Waals surface area contributed by atoms with Crippen molar-refractivity contribution in [3.8, 4) is 0 Å². The summed E-state index contributed by atoms with van der Waals surface area (Å²) in [5, 5.41) is 4.78. The summed E-state index contributed by atoms with van der Waals surface area (Å²) in [7, 11) is 0. The smallest absolute Gasteiger partial charge is 0.258 e. The van der Waals surface area contributed by atoms with Crippen LogP contribution in [0.1, 0.15) is 10.4 Å². The summed E-state index contributed by atoms with van der Waals surface area (Å²) in [6.07, 6.45) is 0. The monoisotopic (exact) mass is 184 g/mol. The van der Waals surface area contributed by atoms with Crippen LogP contribution in [0.3, 0.4) is 0 Å². The maximum Gasteiger partial charge on any atom is 0.258 e. The fourth-order valence-electron chi connectivity index (χ4n) is 1.93. The van der Waals surface area contributed by atoms with Gasteiger partial charge in [-0.15, -0.1) is 0 Å². The highest BCUT2D eigenvalue weighted by atomic mass is 16.1. The number of nitrogen functional groups attached to an aromatic ring is 1. The van der Waals surface area contributed by atoms with E-state index < -0.39 is 0 Å². The average Bonchev–Trinajstić information content (AvgIpc) is 2.51. The molecular weight excluding hydrogens is 176 g/mol. The number of hydrogen-bond donors (Lipinski definition) is 2. The minimum atomic E-state index is -0.102. The van der Waals surface area contributed by atoms with Gasteiger partial charge in [0.25, 0.3) is 5.91 Å². The van der Waals surface area contributed by atoms with Crippen LogP contribution < -0.4 is 11.1 Å². The Bertz CT molecular complexity index is 560. The molecule has 2 aromatic carbocycles. The van der Waals surface area contributed by atoms with Gasteiger partial charge >= 0.3 is 0 Å². The third kappa shape index (κ3) is 0.738. The van der Waals surface area contributed by atoms with Gasteiger partial charge in [0.1, 0.15) is 0 Å². The van der Waals surface area contributed by atoms with E-state index in [1.165, 1.54) is 0 Å². The SMILES string of the molecule is Nc1ccc2cccc3c2c1C(=O)N3. The van der Waals surface area contributed by atoms with Crippen LogP contribution in [0.25, 0.3) is 10.8 Å². The van der Waals surface area contributed by atoms with Crippen LogP contribution in [0, 0.1) is 0 Å². The molecule has 3 rings (SSSR count). The van der Waals surface area contributed by atoms with Crippen molar-refractivity contribution in [3.63, 3.8) is 0 Å². The van der Waals surface area contributed by atoms with E-state index in [1.54, 1.807) is 6.07 Å². The van der Waals surface area contributed by atoms with Crippen molar-refractivity contribution in [2.45, 2.75) is 0 Å². The van der Waals surface area contributed by atoms with Crippen LogP contribution in [0.4, 0.5) is 11.4 Å². The van der Waals surface area contributed by atoms with E-state index >= 15 is 0 Å². The lowest BCUT2D eigenvalue weighted by Gasteiger charge is -2.01. The summed E-state index contributed by atoms with van der Waals surface area (Å²) < 4.78 is 0. The van der Waals surface area contributed by atoms with Crippen LogP contribution >= 0.6 is 0 Å². The Balaban J connectivity index is 2.59. The summed E-state index contributed by atoms with van der Waals surface area (Å²) >= 11 is 0. The van der Waals surface area contributed by atoms with Gasteiger partial charge in [-0.1, -0.05) is 18.2 Å². The zero-order valence-corrected chi connectivity index (χ0v) is 7.37. The first kappa shape index (κ1) is 7.38. The summed E-state index contributed by atoms with van der Waals surface area (Å²) in [6, 6.07) is 9.48. The first-order chi connectivity index (χ1) is 6.77. The van der Waals surface area contributed by atoms with E-state index in [-0.39, 0.29) is 5.91 Å². The quantitative estimate of drug-likeness (QED) is 0.615. The highest BCUT2D eigenvalue weighted by molar-refractivity contribution is 6.26. The molecule has 0 spiro atoms. The molecule has 2 aromatic rings. The molecule has 0 saturated heterocycles. The standard InChI is InChI=1S/C11H8N2O/c12-7-5-4-6-2-1-3-8-9(6)10(7)11(14)13-8/h1-5H,12H2,(H,13,14). The molecule has 0 radical (unpaired) electrons. The Morgan fingerprint density at radius 2 is 2.00 bits per heavy atom.